The number of aliphatic hydroxyl groups excluding tert-OH is 2. The number of aliphatic hydroxyl groups is 2. The van der Waals surface area contributed by atoms with Gasteiger partial charge in [-0.1, -0.05) is 0 Å². The van der Waals surface area contributed by atoms with Crippen LogP contribution in [0.15, 0.2) is 0 Å². The molecule has 0 saturated heterocycles. The molecule has 0 aliphatic heterocycles. The highest BCUT2D eigenvalue weighted by atomic mass is 16.4. The van der Waals surface area contributed by atoms with E-state index in [1.165, 1.54) is 6.92 Å². The predicted octanol–water partition coefficient (Wildman–Crippen LogP) is -0.407. The number of aliphatic carboxylic acids is 1. The maximum absolute atomic E-state index is 9.95. The lowest BCUT2D eigenvalue weighted by Gasteiger charge is -2.08. The highest BCUT2D eigenvalue weighted by molar-refractivity contribution is 5.67. The summed E-state index contributed by atoms with van der Waals surface area (Å²) in [5.41, 5.74) is 0. The molecule has 0 spiro atoms. The van der Waals surface area contributed by atoms with Crippen molar-refractivity contribution in [3.8, 4) is 0 Å². The molecule has 0 rings (SSSR count). The zero-order chi connectivity index (χ0) is 8.15. The third-order valence-corrected chi connectivity index (χ3v) is 1.02. The Morgan fingerprint density at radius 1 is 1.50 bits per heavy atom. The molecule has 0 aromatic heterocycles. The average molecular weight is 148 g/mol. The van der Waals surface area contributed by atoms with E-state index in [0.717, 1.165) is 0 Å². The lowest BCUT2D eigenvalue weighted by Crippen LogP contribution is -2.18. The molecule has 0 aliphatic carbocycles. The first-order chi connectivity index (χ1) is 4.52. The Labute approximate surface area is 59.1 Å². The summed E-state index contributed by atoms with van der Waals surface area (Å²) >= 11 is 0. The molecule has 2 atom stereocenters. The first-order valence-corrected chi connectivity index (χ1v) is 3.10. The van der Waals surface area contributed by atoms with Gasteiger partial charge in [0.25, 0.3) is 0 Å². The van der Waals surface area contributed by atoms with E-state index < -0.39 is 18.2 Å². The monoisotopic (exact) mass is 148 g/mol. The van der Waals surface area contributed by atoms with Gasteiger partial charge < -0.3 is 15.3 Å². The zero-order valence-electron chi connectivity index (χ0n) is 5.82. The number of carboxylic acid groups (broad SMARTS) is 1. The number of hydrogen-bond acceptors (Lipinski definition) is 3. The molecule has 0 aromatic rings. The van der Waals surface area contributed by atoms with Crippen LogP contribution in [-0.4, -0.2) is 33.5 Å². The lowest BCUT2D eigenvalue weighted by atomic mass is 10.1. The first-order valence-electron chi connectivity index (χ1n) is 3.10. The van der Waals surface area contributed by atoms with Gasteiger partial charge in [-0.05, 0) is 13.3 Å². The van der Waals surface area contributed by atoms with E-state index in [9.17, 15) is 4.79 Å². The summed E-state index contributed by atoms with van der Waals surface area (Å²) in [5.74, 6) is -1.05. The highest BCUT2D eigenvalue weighted by Gasteiger charge is 2.11. The van der Waals surface area contributed by atoms with Crippen LogP contribution >= 0.6 is 0 Å². The van der Waals surface area contributed by atoms with E-state index in [1.54, 1.807) is 0 Å². The molecule has 4 nitrogen and oxygen atoms in total. The Morgan fingerprint density at radius 2 is 2.00 bits per heavy atom. The van der Waals surface area contributed by atoms with Gasteiger partial charge in [-0.2, -0.15) is 0 Å². The Balaban J connectivity index is 3.43. The minimum absolute atomic E-state index is 0.117. The van der Waals surface area contributed by atoms with E-state index in [0.29, 0.717) is 0 Å². The van der Waals surface area contributed by atoms with E-state index in [-0.39, 0.29) is 12.8 Å². The highest BCUT2D eigenvalue weighted by Crippen LogP contribution is 2.01. The van der Waals surface area contributed by atoms with Crippen LogP contribution in [0.5, 0.6) is 0 Å². The fourth-order valence-corrected chi connectivity index (χ4v) is 0.679. The molecule has 0 unspecified atom stereocenters. The quantitative estimate of drug-likeness (QED) is 0.506. The van der Waals surface area contributed by atoms with Crippen molar-refractivity contribution in [1.29, 1.82) is 0 Å². The number of carboxylic acids is 1. The molecule has 10 heavy (non-hydrogen) atoms. The van der Waals surface area contributed by atoms with Gasteiger partial charge in [0.15, 0.2) is 0 Å². The van der Waals surface area contributed by atoms with Crippen LogP contribution in [0.1, 0.15) is 19.8 Å². The van der Waals surface area contributed by atoms with Crippen LogP contribution in [0, 0.1) is 0 Å². The van der Waals surface area contributed by atoms with Gasteiger partial charge in [-0.15, -0.1) is 0 Å². The molecule has 0 saturated carbocycles. The van der Waals surface area contributed by atoms with Gasteiger partial charge in [0.2, 0.25) is 0 Å². The second kappa shape index (κ2) is 4.24. The lowest BCUT2D eigenvalue weighted by molar-refractivity contribution is -0.139. The van der Waals surface area contributed by atoms with Gasteiger partial charge in [-0.3, -0.25) is 4.79 Å². The molecule has 0 heterocycles. The van der Waals surface area contributed by atoms with Gasteiger partial charge >= 0.3 is 5.97 Å². The predicted molar refractivity (Wildman–Crippen MR) is 34.6 cm³/mol. The molecule has 4 heteroatoms. The maximum Gasteiger partial charge on any atom is 0.305 e. The summed E-state index contributed by atoms with van der Waals surface area (Å²) in [6.45, 7) is 1.51. The molecular formula is C6H12O4. The van der Waals surface area contributed by atoms with Gasteiger partial charge in [0, 0.05) is 0 Å². The molecular weight excluding hydrogens is 136 g/mol. The summed E-state index contributed by atoms with van der Waals surface area (Å²) in [6.07, 6.45) is -1.76. The molecule has 0 fully saturated rings. The van der Waals surface area contributed by atoms with Gasteiger partial charge in [-0.25, -0.2) is 0 Å². The van der Waals surface area contributed by atoms with Crippen LogP contribution in [0.4, 0.5) is 0 Å². The van der Waals surface area contributed by atoms with Gasteiger partial charge in [0.1, 0.15) is 0 Å². The Kier molecular flexibility index (Phi) is 3.99. The number of rotatable bonds is 4. The molecule has 0 bridgehead atoms. The van der Waals surface area contributed by atoms with E-state index in [1.807, 2.05) is 0 Å². The van der Waals surface area contributed by atoms with Crippen LogP contribution in [0.3, 0.4) is 0 Å². The summed E-state index contributed by atoms with van der Waals surface area (Å²) in [7, 11) is 0. The van der Waals surface area contributed by atoms with E-state index in [4.69, 9.17) is 15.3 Å². The topological polar surface area (TPSA) is 77.8 Å². The van der Waals surface area contributed by atoms with Crippen LogP contribution in [0.2, 0.25) is 0 Å². The third-order valence-electron chi connectivity index (χ3n) is 1.02. The van der Waals surface area contributed by atoms with Crippen molar-refractivity contribution in [2.75, 3.05) is 0 Å². The zero-order valence-corrected chi connectivity index (χ0v) is 5.82. The minimum atomic E-state index is -1.05. The number of hydrogen-bond donors (Lipinski definition) is 3. The van der Waals surface area contributed by atoms with Crippen molar-refractivity contribution in [2.45, 2.75) is 32.0 Å². The second-order valence-electron chi connectivity index (χ2n) is 2.34. The maximum atomic E-state index is 9.95. The van der Waals surface area contributed by atoms with E-state index >= 15 is 0 Å². The van der Waals surface area contributed by atoms with Crippen molar-refractivity contribution >= 4 is 5.97 Å². The summed E-state index contributed by atoms with van der Waals surface area (Å²) in [5, 5.41) is 25.7. The number of carbonyl (C=O) groups is 1. The molecule has 0 aromatic carbocycles. The summed E-state index contributed by atoms with van der Waals surface area (Å²) in [4.78, 5) is 9.95. The van der Waals surface area contributed by atoms with Gasteiger partial charge in [0.05, 0.1) is 18.6 Å². The normalized spacial score (nSPS) is 16.3. The molecule has 3 N–H and O–H groups in total. The molecule has 60 valence electrons. The van der Waals surface area contributed by atoms with Crippen molar-refractivity contribution in [3.63, 3.8) is 0 Å². The van der Waals surface area contributed by atoms with Crippen molar-refractivity contribution in [1.82, 2.24) is 0 Å². The standard InChI is InChI=1S/C6H12O4/c1-4(7)2-5(8)3-6(9)10/h4-5,7-8H,2-3H2,1H3,(H,9,10)/t4-,5+/m0/s1. The molecule has 0 amide bonds. The fraction of sp³-hybridized carbons (Fsp3) is 0.833. The van der Waals surface area contributed by atoms with Crippen LogP contribution < -0.4 is 0 Å². The van der Waals surface area contributed by atoms with E-state index in [2.05, 4.69) is 0 Å². The SMILES string of the molecule is C[C@H](O)C[C@@H](O)CC(=O)O. The minimum Gasteiger partial charge on any atom is -0.481 e. The van der Waals surface area contributed by atoms with Crippen molar-refractivity contribution in [3.05, 3.63) is 0 Å². The van der Waals surface area contributed by atoms with Crippen molar-refractivity contribution < 1.29 is 20.1 Å². The van der Waals surface area contributed by atoms with Crippen LogP contribution in [0.25, 0.3) is 0 Å². The fourth-order valence-electron chi connectivity index (χ4n) is 0.679. The average Bonchev–Trinajstić information content (AvgIpc) is 1.58. The largest absolute Gasteiger partial charge is 0.481 e. The Bertz CT molecular complexity index is 110. The third kappa shape index (κ3) is 5.53. The smallest absolute Gasteiger partial charge is 0.305 e. The second-order valence-corrected chi connectivity index (χ2v) is 2.34. The first kappa shape index (κ1) is 9.39. The molecule has 0 aliphatic rings. The Hall–Kier alpha value is -0.610. The molecule has 0 radical (unpaired) electrons. The van der Waals surface area contributed by atoms with Crippen LogP contribution in [-0.2, 0) is 4.79 Å². The summed E-state index contributed by atoms with van der Waals surface area (Å²) < 4.78 is 0. The Morgan fingerprint density at radius 3 is 2.30 bits per heavy atom. The van der Waals surface area contributed by atoms with Crippen molar-refractivity contribution in [2.24, 2.45) is 0 Å². The summed E-state index contributed by atoms with van der Waals surface area (Å²) in [6, 6.07) is 0.